The number of hydrazone groups is 1. The number of para-hydroxylation sites is 1. The first-order chi connectivity index (χ1) is 14.2. The average Bonchev–Trinajstić information content (AvgIpc) is 3.33. The van der Waals surface area contributed by atoms with E-state index in [1.54, 1.807) is 6.20 Å². The van der Waals surface area contributed by atoms with Crippen LogP contribution in [0, 0.1) is 0 Å². The predicted molar refractivity (Wildman–Crippen MR) is 122 cm³/mol. The lowest BCUT2D eigenvalue weighted by atomic mass is 10.2. The summed E-state index contributed by atoms with van der Waals surface area (Å²) < 4.78 is 0. The van der Waals surface area contributed by atoms with Crippen LogP contribution >= 0.6 is 12.2 Å². The van der Waals surface area contributed by atoms with Gasteiger partial charge in [0.05, 0.1) is 0 Å². The molecule has 0 spiro atoms. The standard InChI is InChI=1S/C21H27N7S/c22-20(24-25-21(29)28-10-4-5-11-28)19-16-18(8-9-23-19)27-14-12-26(13-15-27)17-6-2-1-3-7-17/h1-3,6-9,16H,4-5,10-15H2,(H2,22,24)(H,25,29). The van der Waals surface area contributed by atoms with Crippen LogP contribution in [-0.2, 0) is 0 Å². The van der Waals surface area contributed by atoms with E-state index in [-0.39, 0.29) is 0 Å². The zero-order valence-electron chi connectivity index (χ0n) is 16.5. The lowest BCUT2D eigenvalue weighted by Crippen LogP contribution is -2.46. The summed E-state index contributed by atoms with van der Waals surface area (Å²) in [7, 11) is 0. The molecule has 0 bridgehead atoms. The van der Waals surface area contributed by atoms with Gasteiger partial charge < -0.3 is 20.4 Å². The van der Waals surface area contributed by atoms with Gasteiger partial charge in [-0.3, -0.25) is 10.4 Å². The van der Waals surface area contributed by atoms with Crippen molar-refractivity contribution in [3.8, 4) is 0 Å². The number of thiocarbonyl (C=S) groups is 1. The molecule has 29 heavy (non-hydrogen) atoms. The molecule has 2 saturated heterocycles. The lowest BCUT2D eigenvalue weighted by Gasteiger charge is -2.37. The first-order valence-electron chi connectivity index (χ1n) is 10.1. The predicted octanol–water partition coefficient (Wildman–Crippen LogP) is 2.00. The summed E-state index contributed by atoms with van der Waals surface area (Å²) >= 11 is 5.38. The van der Waals surface area contributed by atoms with Crippen molar-refractivity contribution < 1.29 is 0 Å². The maximum Gasteiger partial charge on any atom is 0.189 e. The molecule has 0 atom stereocenters. The van der Waals surface area contributed by atoms with Crippen molar-refractivity contribution in [2.45, 2.75) is 12.8 Å². The van der Waals surface area contributed by atoms with Gasteiger partial charge >= 0.3 is 0 Å². The Labute approximate surface area is 177 Å². The largest absolute Gasteiger partial charge is 0.380 e. The van der Waals surface area contributed by atoms with Crippen molar-refractivity contribution in [2.24, 2.45) is 10.8 Å². The molecular weight excluding hydrogens is 382 g/mol. The molecule has 0 saturated carbocycles. The topological polar surface area (TPSA) is 73.0 Å². The molecule has 1 aromatic heterocycles. The van der Waals surface area contributed by atoms with Gasteiger partial charge in [-0.1, -0.05) is 18.2 Å². The van der Waals surface area contributed by atoms with Gasteiger partial charge in [-0.2, -0.15) is 5.10 Å². The van der Waals surface area contributed by atoms with E-state index in [2.05, 4.69) is 60.5 Å². The summed E-state index contributed by atoms with van der Waals surface area (Å²) in [6, 6.07) is 14.6. The van der Waals surface area contributed by atoms with Gasteiger partial charge in [0, 0.05) is 56.8 Å². The number of nitrogens with two attached hydrogens (primary N) is 1. The SMILES string of the molecule is NC(=NNC(=S)N1CCCC1)c1cc(N2CCN(c3ccccc3)CC2)ccn1. The van der Waals surface area contributed by atoms with Crippen molar-refractivity contribution >= 4 is 34.5 Å². The fraction of sp³-hybridized carbons (Fsp3) is 0.381. The number of piperazine rings is 1. The highest BCUT2D eigenvalue weighted by molar-refractivity contribution is 7.80. The van der Waals surface area contributed by atoms with E-state index < -0.39 is 0 Å². The van der Waals surface area contributed by atoms with E-state index in [1.807, 2.05) is 12.1 Å². The minimum absolute atomic E-state index is 0.344. The van der Waals surface area contributed by atoms with E-state index >= 15 is 0 Å². The van der Waals surface area contributed by atoms with Crippen LogP contribution in [0.15, 0.2) is 53.8 Å². The van der Waals surface area contributed by atoms with Crippen LogP contribution < -0.4 is 21.0 Å². The summed E-state index contributed by atoms with van der Waals surface area (Å²) in [6.45, 7) is 5.82. The van der Waals surface area contributed by atoms with Gasteiger partial charge in [-0.15, -0.1) is 0 Å². The van der Waals surface area contributed by atoms with Crippen LogP contribution in [0.5, 0.6) is 0 Å². The van der Waals surface area contributed by atoms with Crippen molar-refractivity contribution in [3.63, 3.8) is 0 Å². The number of rotatable bonds is 4. The molecule has 0 radical (unpaired) electrons. The molecule has 1 aromatic carbocycles. The van der Waals surface area contributed by atoms with Crippen LogP contribution in [0.2, 0.25) is 0 Å². The lowest BCUT2D eigenvalue weighted by molar-refractivity contribution is 0.509. The number of nitrogens with one attached hydrogen (secondary N) is 1. The molecule has 152 valence electrons. The van der Waals surface area contributed by atoms with E-state index in [0.717, 1.165) is 45.0 Å². The molecule has 2 fully saturated rings. The number of anilines is 2. The number of likely N-dealkylation sites (tertiary alicyclic amines) is 1. The molecule has 2 aliphatic rings. The van der Waals surface area contributed by atoms with E-state index in [9.17, 15) is 0 Å². The first-order valence-corrected chi connectivity index (χ1v) is 10.5. The number of benzene rings is 1. The molecule has 8 heteroatoms. The molecule has 7 nitrogen and oxygen atoms in total. The highest BCUT2D eigenvalue weighted by Crippen LogP contribution is 2.20. The Morgan fingerprint density at radius 1 is 0.931 bits per heavy atom. The molecule has 2 aliphatic heterocycles. The van der Waals surface area contributed by atoms with E-state index in [0.29, 0.717) is 16.6 Å². The third-order valence-corrected chi connectivity index (χ3v) is 5.79. The van der Waals surface area contributed by atoms with E-state index in [1.165, 1.54) is 18.5 Å². The average molecular weight is 410 g/mol. The fourth-order valence-electron chi connectivity index (χ4n) is 3.77. The van der Waals surface area contributed by atoms with E-state index in [4.69, 9.17) is 18.0 Å². The fourth-order valence-corrected chi connectivity index (χ4v) is 4.00. The maximum atomic E-state index is 6.16. The summed E-state index contributed by atoms with van der Waals surface area (Å²) in [6.07, 6.45) is 4.12. The number of pyridine rings is 1. The minimum Gasteiger partial charge on any atom is -0.380 e. The zero-order valence-corrected chi connectivity index (χ0v) is 17.3. The Balaban J connectivity index is 1.37. The quantitative estimate of drug-likeness (QED) is 0.346. The second kappa shape index (κ2) is 9.09. The monoisotopic (exact) mass is 409 g/mol. The second-order valence-corrected chi connectivity index (χ2v) is 7.70. The van der Waals surface area contributed by atoms with Crippen molar-refractivity contribution in [3.05, 3.63) is 54.4 Å². The van der Waals surface area contributed by atoms with Gasteiger partial charge in [-0.25, -0.2) is 0 Å². The summed E-state index contributed by atoms with van der Waals surface area (Å²) in [5.74, 6) is 0.344. The van der Waals surface area contributed by atoms with Gasteiger partial charge in [0.2, 0.25) is 0 Å². The highest BCUT2D eigenvalue weighted by Gasteiger charge is 2.18. The van der Waals surface area contributed by atoms with Crippen LogP contribution in [-0.4, -0.2) is 60.1 Å². The Morgan fingerprint density at radius 2 is 1.59 bits per heavy atom. The molecule has 4 rings (SSSR count). The summed E-state index contributed by atoms with van der Waals surface area (Å²) in [4.78, 5) is 11.3. The zero-order chi connectivity index (χ0) is 20.1. The number of hydrogen-bond donors (Lipinski definition) is 2. The third-order valence-electron chi connectivity index (χ3n) is 5.44. The Kier molecular flexibility index (Phi) is 6.09. The number of amidine groups is 1. The Bertz CT molecular complexity index is 856. The van der Waals surface area contributed by atoms with Gasteiger partial charge in [-0.05, 0) is 49.3 Å². The highest BCUT2D eigenvalue weighted by atomic mass is 32.1. The van der Waals surface area contributed by atoms with Crippen LogP contribution in [0.3, 0.4) is 0 Å². The summed E-state index contributed by atoms with van der Waals surface area (Å²) in [5.41, 5.74) is 12.1. The van der Waals surface area contributed by atoms with Crippen molar-refractivity contribution in [1.82, 2.24) is 15.3 Å². The number of hydrogen-bond acceptors (Lipinski definition) is 5. The van der Waals surface area contributed by atoms with Gasteiger partial charge in [0.1, 0.15) is 5.69 Å². The van der Waals surface area contributed by atoms with Crippen molar-refractivity contribution in [2.75, 3.05) is 49.1 Å². The van der Waals surface area contributed by atoms with Crippen LogP contribution in [0.4, 0.5) is 11.4 Å². The van der Waals surface area contributed by atoms with Gasteiger partial charge in [0.15, 0.2) is 10.9 Å². The van der Waals surface area contributed by atoms with Crippen molar-refractivity contribution in [1.29, 1.82) is 0 Å². The minimum atomic E-state index is 0.344. The Morgan fingerprint density at radius 3 is 2.28 bits per heavy atom. The molecule has 2 aromatic rings. The smallest absolute Gasteiger partial charge is 0.189 e. The maximum absolute atomic E-state index is 6.16. The van der Waals surface area contributed by atoms with Gasteiger partial charge in [0.25, 0.3) is 0 Å². The van der Waals surface area contributed by atoms with Crippen LogP contribution in [0.25, 0.3) is 0 Å². The molecule has 0 aliphatic carbocycles. The molecule has 3 N–H and O–H groups in total. The number of aromatic nitrogens is 1. The molecule has 3 heterocycles. The molecule has 0 amide bonds. The third kappa shape index (κ3) is 4.76. The number of nitrogens with zero attached hydrogens (tertiary/aromatic N) is 5. The first kappa shape index (κ1) is 19.4. The summed E-state index contributed by atoms with van der Waals surface area (Å²) in [5, 5.41) is 4.87. The normalized spacial score (nSPS) is 17.5. The van der Waals surface area contributed by atoms with Crippen LogP contribution in [0.1, 0.15) is 18.5 Å². The Hall–Kier alpha value is -2.87. The molecular formula is C21H27N7S. The second-order valence-electron chi connectivity index (χ2n) is 7.32. The molecule has 0 unspecified atom stereocenters.